The van der Waals surface area contributed by atoms with Crippen LogP contribution in [-0.2, 0) is 11.3 Å². The van der Waals surface area contributed by atoms with Crippen LogP contribution < -0.4 is 9.64 Å². The minimum atomic E-state index is -1.15. The molecule has 1 heterocycles. The monoisotopic (exact) mass is 333 g/mol. The van der Waals surface area contributed by atoms with Crippen LogP contribution in [0.1, 0.15) is 22.8 Å². The summed E-state index contributed by atoms with van der Waals surface area (Å²) in [5, 5.41) is 9.11. The molecule has 2 aromatic carbocycles. The van der Waals surface area contributed by atoms with Crippen LogP contribution in [0.25, 0.3) is 0 Å². The van der Waals surface area contributed by atoms with Crippen molar-refractivity contribution in [3.63, 3.8) is 0 Å². The average molecular weight is 333 g/mol. The van der Waals surface area contributed by atoms with Crippen molar-refractivity contribution in [3.05, 3.63) is 59.2 Å². The van der Waals surface area contributed by atoms with Crippen molar-refractivity contribution < 1.29 is 28.2 Å². The van der Waals surface area contributed by atoms with Gasteiger partial charge < -0.3 is 14.7 Å². The van der Waals surface area contributed by atoms with Gasteiger partial charge in [0.05, 0.1) is 17.8 Å². The van der Waals surface area contributed by atoms with Crippen molar-refractivity contribution >= 4 is 17.6 Å². The fourth-order valence-electron chi connectivity index (χ4n) is 2.59. The van der Waals surface area contributed by atoms with Gasteiger partial charge in [0.1, 0.15) is 17.4 Å². The molecule has 1 amide bonds. The largest absolute Gasteiger partial charge is 0.479 e. The molecular formula is C17H13F2NO4. The van der Waals surface area contributed by atoms with Crippen molar-refractivity contribution in [1.82, 2.24) is 0 Å². The third-order valence-corrected chi connectivity index (χ3v) is 3.68. The number of ether oxygens (including phenoxy) is 1. The number of rotatable bonds is 3. The van der Waals surface area contributed by atoms with Crippen LogP contribution >= 0.6 is 0 Å². The molecule has 1 atom stereocenters. The molecule has 2 aromatic rings. The fourth-order valence-corrected chi connectivity index (χ4v) is 2.59. The Morgan fingerprint density at radius 2 is 1.88 bits per heavy atom. The van der Waals surface area contributed by atoms with Crippen molar-refractivity contribution in [2.24, 2.45) is 0 Å². The Kier molecular flexibility index (Phi) is 3.92. The molecule has 0 saturated heterocycles. The van der Waals surface area contributed by atoms with Crippen LogP contribution in [0.3, 0.4) is 0 Å². The maximum Gasteiger partial charge on any atom is 0.335 e. The first kappa shape index (κ1) is 15.9. The lowest BCUT2D eigenvalue weighted by Crippen LogP contribution is -2.44. The number of fused-ring (bicyclic) bond motifs is 1. The minimum Gasteiger partial charge on any atom is -0.479 e. The van der Waals surface area contributed by atoms with Gasteiger partial charge in [-0.1, -0.05) is 0 Å². The van der Waals surface area contributed by atoms with Crippen molar-refractivity contribution in [2.75, 3.05) is 4.90 Å². The van der Waals surface area contributed by atoms with E-state index >= 15 is 0 Å². The summed E-state index contributed by atoms with van der Waals surface area (Å²) in [4.78, 5) is 24.8. The van der Waals surface area contributed by atoms with Crippen LogP contribution in [-0.4, -0.2) is 23.1 Å². The van der Waals surface area contributed by atoms with Gasteiger partial charge in [0.2, 0.25) is 0 Å². The van der Waals surface area contributed by atoms with Gasteiger partial charge in [-0.2, -0.15) is 0 Å². The number of anilines is 1. The summed E-state index contributed by atoms with van der Waals surface area (Å²) >= 11 is 0. The number of hydrogen-bond donors (Lipinski definition) is 1. The highest BCUT2D eigenvalue weighted by atomic mass is 19.1. The molecule has 1 aliphatic heterocycles. The van der Waals surface area contributed by atoms with E-state index in [9.17, 15) is 18.4 Å². The van der Waals surface area contributed by atoms with Crippen LogP contribution in [0.4, 0.5) is 14.5 Å². The van der Waals surface area contributed by atoms with Gasteiger partial charge in [0.25, 0.3) is 5.91 Å². The average Bonchev–Trinajstić information content (AvgIpc) is 2.50. The third kappa shape index (κ3) is 2.92. The zero-order valence-electron chi connectivity index (χ0n) is 12.6. The summed E-state index contributed by atoms with van der Waals surface area (Å²) in [7, 11) is 0. The summed E-state index contributed by atoms with van der Waals surface area (Å²) < 4.78 is 32.2. The predicted octanol–water partition coefficient (Wildman–Crippen LogP) is 2.98. The zero-order chi connectivity index (χ0) is 17.4. The topological polar surface area (TPSA) is 66.8 Å². The minimum absolute atomic E-state index is 0.0184. The highest BCUT2D eigenvalue weighted by Gasteiger charge is 2.32. The van der Waals surface area contributed by atoms with Crippen molar-refractivity contribution in [1.29, 1.82) is 0 Å². The Morgan fingerprint density at radius 3 is 2.50 bits per heavy atom. The van der Waals surface area contributed by atoms with E-state index < -0.39 is 29.6 Å². The molecule has 0 radical (unpaired) electrons. The lowest BCUT2D eigenvalue weighted by molar-refractivity contribution is -0.125. The molecular weight excluding hydrogens is 320 g/mol. The summed E-state index contributed by atoms with van der Waals surface area (Å²) in [6.45, 7) is 1.45. The van der Waals surface area contributed by atoms with Gasteiger partial charge in [-0.3, -0.25) is 4.79 Å². The SMILES string of the molecule is CC1Oc2ccc(C(=O)O)cc2N(Cc2cc(F)cc(F)c2)C1=O. The van der Waals surface area contributed by atoms with Gasteiger partial charge in [0, 0.05) is 6.07 Å². The first-order chi connectivity index (χ1) is 11.3. The number of nitrogens with zero attached hydrogens (tertiary/aromatic N) is 1. The first-order valence-electron chi connectivity index (χ1n) is 7.15. The molecule has 1 N–H and O–H groups in total. The van der Waals surface area contributed by atoms with Crippen molar-refractivity contribution in [2.45, 2.75) is 19.6 Å². The smallest absolute Gasteiger partial charge is 0.335 e. The maximum absolute atomic E-state index is 13.4. The number of benzene rings is 2. The lowest BCUT2D eigenvalue weighted by Gasteiger charge is -2.33. The molecule has 24 heavy (non-hydrogen) atoms. The number of aromatic carboxylic acids is 1. The molecule has 0 saturated carbocycles. The summed E-state index contributed by atoms with van der Waals surface area (Å²) in [6.07, 6.45) is -0.786. The van der Waals surface area contributed by atoms with Crippen molar-refractivity contribution in [3.8, 4) is 5.75 Å². The standard InChI is InChI=1S/C17H13F2NO4/c1-9-16(21)20(8-10-4-12(18)7-13(19)5-10)14-6-11(17(22)23)2-3-15(14)24-9/h2-7,9H,8H2,1H3,(H,22,23). The summed E-state index contributed by atoms with van der Waals surface area (Å²) in [5.74, 6) is -2.74. The van der Waals surface area contributed by atoms with E-state index in [1.807, 2.05) is 0 Å². The Balaban J connectivity index is 2.04. The molecule has 124 valence electrons. The Labute approximate surface area is 136 Å². The molecule has 7 heteroatoms. The molecule has 0 bridgehead atoms. The van der Waals surface area contributed by atoms with Crippen LogP contribution in [0.5, 0.6) is 5.75 Å². The number of hydrogen-bond acceptors (Lipinski definition) is 3. The van der Waals surface area contributed by atoms with E-state index in [1.54, 1.807) is 6.92 Å². The van der Waals surface area contributed by atoms with E-state index in [4.69, 9.17) is 9.84 Å². The van der Waals surface area contributed by atoms with Crippen LogP contribution in [0.2, 0.25) is 0 Å². The Morgan fingerprint density at radius 1 is 1.21 bits per heavy atom. The Hall–Kier alpha value is -2.96. The van der Waals surface area contributed by atoms with Crippen LogP contribution in [0.15, 0.2) is 36.4 Å². The fraction of sp³-hybridized carbons (Fsp3) is 0.176. The maximum atomic E-state index is 13.4. The zero-order valence-corrected chi connectivity index (χ0v) is 12.6. The summed E-state index contributed by atoms with van der Waals surface area (Å²) in [6, 6.07) is 7.11. The molecule has 0 aromatic heterocycles. The Bertz CT molecular complexity index is 817. The predicted molar refractivity (Wildman–Crippen MR) is 81.0 cm³/mol. The second-order valence-corrected chi connectivity index (χ2v) is 5.45. The highest BCUT2D eigenvalue weighted by Crippen LogP contribution is 2.36. The summed E-state index contributed by atoms with van der Waals surface area (Å²) in [5.41, 5.74) is 0.486. The lowest BCUT2D eigenvalue weighted by atomic mass is 10.1. The number of carboxylic acid groups (broad SMARTS) is 1. The highest BCUT2D eigenvalue weighted by molar-refractivity contribution is 6.01. The number of carbonyl (C=O) groups excluding carboxylic acids is 1. The number of carboxylic acids is 1. The number of amides is 1. The number of halogens is 2. The molecule has 1 unspecified atom stereocenters. The van der Waals surface area contributed by atoms with Crippen LogP contribution in [0, 0.1) is 11.6 Å². The molecule has 5 nitrogen and oxygen atoms in total. The second kappa shape index (κ2) is 5.92. The van der Waals surface area contributed by atoms with E-state index in [-0.39, 0.29) is 23.4 Å². The molecule has 1 aliphatic rings. The van der Waals surface area contributed by atoms with Gasteiger partial charge in [0.15, 0.2) is 6.10 Å². The first-order valence-corrected chi connectivity index (χ1v) is 7.15. The van der Waals surface area contributed by atoms with Gasteiger partial charge in [-0.15, -0.1) is 0 Å². The second-order valence-electron chi connectivity index (χ2n) is 5.45. The molecule has 0 spiro atoms. The van der Waals surface area contributed by atoms with E-state index in [0.29, 0.717) is 5.75 Å². The third-order valence-electron chi connectivity index (χ3n) is 3.68. The van der Waals surface area contributed by atoms with Gasteiger partial charge >= 0.3 is 5.97 Å². The number of carbonyl (C=O) groups is 2. The normalized spacial score (nSPS) is 16.5. The molecule has 0 fully saturated rings. The molecule has 0 aliphatic carbocycles. The quantitative estimate of drug-likeness (QED) is 0.938. The molecule has 3 rings (SSSR count). The van der Waals surface area contributed by atoms with E-state index in [0.717, 1.165) is 18.2 Å². The van der Waals surface area contributed by atoms with Gasteiger partial charge in [-0.25, -0.2) is 13.6 Å². The van der Waals surface area contributed by atoms with Gasteiger partial charge in [-0.05, 0) is 42.8 Å². The van der Waals surface area contributed by atoms with E-state index in [2.05, 4.69) is 0 Å². The van der Waals surface area contributed by atoms with E-state index in [1.165, 1.54) is 23.1 Å².